The summed E-state index contributed by atoms with van der Waals surface area (Å²) in [6.45, 7) is 0. The first kappa shape index (κ1) is 9.37. The Bertz CT molecular complexity index is 151. The van der Waals surface area contributed by atoms with Gasteiger partial charge in [0.1, 0.15) is 5.75 Å². The smallest absolute Gasteiger partial charge is 0.118 e. The van der Waals surface area contributed by atoms with Crippen molar-refractivity contribution in [3.63, 3.8) is 0 Å². The SMILES string of the molecule is COc1ccccc1.CS. The molecular formula is C8H12OS. The van der Waals surface area contributed by atoms with E-state index in [9.17, 15) is 0 Å². The molecule has 0 saturated heterocycles. The second-order valence-corrected chi connectivity index (χ2v) is 1.52. The molecule has 0 atom stereocenters. The zero-order valence-electron chi connectivity index (χ0n) is 6.24. The molecular weight excluding hydrogens is 144 g/mol. The van der Waals surface area contributed by atoms with Gasteiger partial charge in [-0.05, 0) is 18.4 Å². The topological polar surface area (TPSA) is 9.23 Å². The summed E-state index contributed by atoms with van der Waals surface area (Å²) in [4.78, 5) is 0. The molecule has 0 aromatic heterocycles. The minimum Gasteiger partial charge on any atom is -0.497 e. The van der Waals surface area contributed by atoms with Crippen molar-refractivity contribution in [2.75, 3.05) is 13.4 Å². The molecule has 1 aromatic rings. The molecule has 0 aliphatic rings. The van der Waals surface area contributed by atoms with Crippen molar-refractivity contribution in [1.29, 1.82) is 0 Å². The fourth-order valence-electron chi connectivity index (χ4n) is 0.557. The van der Waals surface area contributed by atoms with Crippen LogP contribution in [0.3, 0.4) is 0 Å². The monoisotopic (exact) mass is 156 g/mol. The number of para-hydroxylation sites is 1. The van der Waals surface area contributed by atoms with Crippen molar-refractivity contribution >= 4 is 12.6 Å². The highest BCUT2D eigenvalue weighted by Gasteiger charge is 1.80. The van der Waals surface area contributed by atoms with Crippen molar-refractivity contribution in [1.82, 2.24) is 0 Å². The molecule has 0 fully saturated rings. The Hall–Kier alpha value is -0.630. The quantitative estimate of drug-likeness (QED) is 0.613. The standard InChI is InChI=1S/C7H8O.CH4S/c1-8-7-5-3-2-4-6-7;1-2/h2-6H,1H3;2H,1H3. The predicted octanol–water partition coefficient (Wildman–Crippen LogP) is 2.24. The molecule has 0 heterocycles. The van der Waals surface area contributed by atoms with E-state index in [1.54, 1.807) is 13.4 Å². The van der Waals surface area contributed by atoms with E-state index in [-0.39, 0.29) is 0 Å². The van der Waals surface area contributed by atoms with Gasteiger partial charge in [-0.3, -0.25) is 0 Å². The molecule has 10 heavy (non-hydrogen) atoms. The molecule has 0 unspecified atom stereocenters. The largest absolute Gasteiger partial charge is 0.497 e. The van der Waals surface area contributed by atoms with Crippen LogP contribution in [-0.4, -0.2) is 13.4 Å². The van der Waals surface area contributed by atoms with Gasteiger partial charge >= 0.3 is 0 Å². The average molecular weight is 156 g/mol. The maximum Gasteiger partial charge on any atom is 0.118 e. The van der Waals surface area contributed by atoms with Crippen molar-refractivity contribution in [3.8, 4) is 5.75 Å². The van der Waals surface area contributed by atoms with Crippen LogP contribution in [0.2, 0.25) is 0 Å². The van der Waals surface area contributed by atoms with Crippen LogP contribution in [-0.2, 0) is 0 Å². The highest BCUT2D eigenvalue weighted by molar-refractivity contribution is 7.79. The van der Waals surface area contributed by atoms with Crippen molar-refractivity contribution < 1.29 is 4.74 Å². The third kappa shape index (κ3) is 3.41. The van der Waals surface area contributed by atoms with Gasteiger partial charge < -0.3 is 4.74 Å². The van der Waals surface area contributed by atoms with Gasteiger partial charge in [0.2, 0.25) is 0 Å². The van der Waals surface area contributed by atoms with Gasteiger partial charge in [0, 0.05) is 0 Å². The fourth-order valence-corrected chi connectivity index (χ4v) is 0.557. The van der Waals surface area contributed by atoms with E-state index >= 15 is 0 Å². The van der Waals surface area contributed by atoms with Crippen LogP contribution < -0.4 is 4.74 Å². The molecule has 2 heteroatoms. The third-order valence-corrected chi connectivity index (χ3v) is 0.979. The van der Waals surface area contributed by atoms with Crippen molar-refractivity contribution in [2.24, 2.45) is 0 Å². The molecule has 0 N–H and O–H groups in total. The lowest BCUT2D eigenvalue weighted by atomic mass is 10.3. The summed E-state index contributed by atoms with van der Waals surface area (Å²) in [5, 5.41) is 0. The molecule has 0 bridgehead atoms. The molecule has 0 amide bonds. The van der Waals surface area contributed by atoms with Gasteiger partial charge in [-0.1, -0.05) is 18.2 Å². The van der Waals surface area contributed by atoms with E-state index in [1.807, 2.05) is 30.3 Å². The van der Waals surface area contributed by atoms with E-state index in [0.717, 1.165) is 5.75 Å². The molecule has 1 rings (SSSR count). The summed E-state index contributed by atoms with van der Waals surface area (Å²) in [6, 6.07) is 9.68. The predicted molar refractivity (Wildman–Crippen MR) is 47.9 cm³/mol. The Labute approximate surface area is 67.4 Å². The summed E-state index contributed by atoms with van der Waals surface area (Å²) in [5.74, 6) is 0.910. The summed E-state index contributed by atoms with van der Waals surface area (Å²) < 4.78 is 4.91. The van der Waals surface area contributed by atoms with Crippen molar-refractivity contribution in [2.45, 2.75) is 0 Å². The molecule has 0 saturated carbocycles. The Morgan fingerprint density at radius 1 is 1.10 bits per heavy atom. The summed E-state index contributed by atoms with van der Waals surface area (Å²) in [5.41, 5.74) is 0. The Balaban J connectivity index is 0.000000371. The minimum atomic E-state index is 0.910. The molecule has 0 aliphatic carbocycles. The van der Waals surface area contributed by atoms with E-state index < -0.39 is 0 Å². The zero-order valence-corrected chi connectivity index (χ0v) is 7.14. The van der Waals surface area contributed by atoms with E-state index in [1.165, 1.54) is 0 Å². The highest BCUT2D eigenvalue weighted by atomic mass is 32.1. The van der Waals surface area contributed by atoms with E-state index in [4.69, 9.17) is 4.74 Å². The Kier molecular flexibility index (Phi) is 6.08. The lowest BCUT2D eigenvalue weighted by Crippen LogP contribution is -1.78. The van der Waals surface area contributed by atoms with Crippen LogP contribution >= 0.6 is 12.6 Å². The lowest BCUT2D eigenvalue weighted by molar-refractivity contribution is 0.415. The number of hydrogen-bond acceptors (Lipinski definition) is 2. The molecule has 0 radical (unpaired) electrons. The van der Waals surface area contributed by atoms with Crippen LogP contribution in [0.25, 0.3) is 0 Å². The third-order valence-electron chi connectivity index (χ3n) is 0.979. The molecule has 1 aromatic carbocycles. The number of benzene rings is 1. The summed E-state index contributed by atoms with van der Waals surface area (Å²) in [6.07, 6.45) is 1.69. The van der Waals surface area contributed by atoms with Gasteiger partial charge in [-0.25, -0.2) is 0 Å². The molecule has 56 valence electrons. The second kappa shape index (κ2) is 6.49. The van der Waals surface area contributed by atoms with Crippen LogP contribution in [0, 0.1) is 0 Å². The van der Waals surface area contributed by atoms with E-state index in [0.29, 0.717) is 0 Å². The lowest BCUT2D eigenvalue weighted by Gasteiger charge is -1.93. The summed E-state index contributed by atoms with van der Waals surface area (Å²) in [7, 11) is 1.66. The number of thiol groups is 1. The Morgan fingerprint density at radius 3 is 1.90 bits per heavy atom. The van der Waals surface area contributed by atoms with Crippen LogP contribution in [0.1, 0.15) is 0 Å². The zero-order chi connectivity index (χ0) is 7.82. The first-order valence-corrected chi connectivity index (χ1v) is 3.86. The molecule has 1 nitrogen and oxygen atoms in total. The van der Waals surface area contributed by atoms with Gasteiger partial charge in [-0.2, -0.15) is 12.6 Å². The second-order valence-electron chi connectivity index (χ2n) is 1.52. The minimum absolute atomic E-state index is 0.910. The van der Waals surface area contributed by atoms with Crippen LogP contribution in [0.5, 0.6) is 5.75 Å². The van der Waals surface area contributed by atoms with Gasteiger partial charge in [-0.15, -0.1) is 0 Å². The number of ether oxygens (including phenoxy) is 1. The maximum atomic E-state index is 4.91. The fraction of sp³-hybridized carbons (Fsp3) is 0.250. The molecule has 0 aliphatic heterocycles. The number of hydrogen-bond donors (Lipinski definition) is 1. The first-order chi connectivity index (χ1) is 4.93. The first-order valence-electron chi connectivity index (χ1n) is 2.97. The Morgan fingerprint density at radius 2 is 1.60 bits per heavy atom. The van der Waals surface area contributed by atoms with E-state index in [2.05, 4.69) is 12.6 Å². The van der Waals surface area contributed by atoms with Crippen molar-refractivity contribution in [3.05, 3.63) is 30.3 Å². The molecule has 0 spiro atoms. The normalized spacial score (nSPS) is 7.50. The number of rotatable bonds is 1. The van der Waals surface area contributed by atoms with Crippen LogP contribution in [0.4, 0.5) is 0 Å². The summed E-state index contributed by atoms with van der Waals surface area (Å²) >= 11 is 3.53. The van der Waals surface area contributed by atoms with Gasteiger partial charge in [0.05, 0.1) is 7.11 Å². The highest BCUT2D eigenvalue weighted by Crippen LogP contribution is 2.05. The van der Waals surface area contributed by atoms with Crippen LogP contribution in [0.15, 0.2) is 30.3 Å². The average Bonchev–Trinajstić information content (AvgIpc) is 2.10. The van der Waals surface area contributed by atoms with Gasteiger partial charge in [0.15, 0.2) is 0 Å². The van der Waals surface area contributed by atoms with Gasteiger partial charge in [0.25, 0.3) is 0 Å². The number of methoxy groups -OCH3 is 1. The maximum absolute atomic E-state index is 4.91.